The van der Waals surface area contributed by atoms with Gasteiger partial charge in [-0.2, -0.15) is 0 Å². The second-order valence-corrected chi connectivity index (χ2v) is 8.17. The summed E-state index contributed by atoms with van der Waals surface area (Å²) in [5, 5.41) is 5.74. The maximum absolute atomic E-state index is 13.3. The Morgan fingerprint density at radius 2 is 1.77 bits per heavy atom. The Bertz CT molecular complexity index is 1270. The first-order valence-electron chi connectivity index (χ1n) is 11.0. The zero-order valence-corrected chi connectivity index (χ0v) is 20.4. The Balaban J connectivity index is 1.83. The van der Waals surface area contributed by atoms with Crippen LogP contribution in [0.5, 0.6) is 5.75 Å². The molecule has 184 valence electrons. The fourth-order valence-corrected chi connectivity index (χ4v) is 3.71. The number of halogens is 1. The summed E-state index contributed by atoms with van der Waals surface area (Å²) < 4.78 is 11.9. The summed E-state index contributed by atoms with van der Waals surface area (Å²) in [7, 11) is 1.52. The highest BCUT2D eigenvalue weighted by Gasteiger charge is 2.23. The summed E-state index contributed by atoms with van der Waals surface area (Å²) in [6.45, 7) is 3.42. The molecule has 0 saturated heterocycles. The Hall–Kier alpha value is -3.85. The van der Waals surface area contributed by atoms with Gasteiger partial charge in [-0.15, -0.1) is 0 Å². The van der Waals surface area contributed by atoms with E-state index in [1.165, 1.54) is 11.7 Å². The lowest BCUT2D eigenvalue weighted by atomic mass is 10.1. The van der Waals surface area contributed by atoms with Gasteiger partial charge in [0, 0.05) is 28.2 Å². The van der Waals surface area contributed by atoms with Crippen molar-refractivity contribution in [2.75, 3.05) is 20.3 Å². The van der Waals surface area contributed by atoms with Crippen LogP contribution in [0.25, 0.3) is 10.9 Å². The molecule has 3 aromatic rings. The summed E-state index contributed by atoms with van der Waals surface area (Å²) >= 11 is 5.95. The van der Waals surface area contributed by atoms with Crippen molar-refractivity contribution in [2.24, 2.45) is 0 Å². The standard InChI is InChI=1S/C25H26ClN3O6/c1-4-11-27-25(33)28-22(30)14-35-23(31)13-19-15(2)29(21-10-9-18(34-3)12-20(19)21)24(32)16-5-7-17(26)8-6-16/h5-10,12H,4,11,13-14H2,1-3H3,(H2,27,28,30,33). The van der Waals surface area contributed by atoms with E-state index >= 15 is 0 Å². The molecule has 0 saturated carbocycles. The van der Waals surface area contributed by atoms with Crippen molar-refractivity contribution in [3.05, 3.63) is 64.3 Å². The van der Waals surface area contributed by atoms with E-state index in [-0.39, 0.29) is 12.3 Å². The van der Waals surface area contributed by atoms with Gasteiger partial charge >= 0.3 is 12.0 Å². The Morgan fingerprint density at radius 1 is 1.06 bits per heavy atom. The number of benzene rings is 2. The van der Waals surface area contributed by atoms with Crippen LogP contribution in [0.3, 0.4) is 0 Å². The normalized spacial score (nSPS) is 10.6. The van der Waals surface area contributed by atoms with Crippen LogP contribution in [0.2, 0.25) is 5.02 Å². The zero-order chi connectivity index (χ0) is 25.5. The molecular formula is C25H26ClN3O6. The molecular weight excluding hydrogens is 474 g/mol. The minimum atomic E-state index is -0.745. The van der Waals surface area contributed by atoms with E-state index in [1.54, 1.807) is 49.4 Å². The summed E-state index contributed by atoms with van der Waals surface area (Å²) in [5.41, 5.74) is 2.13. The van der Waals surface area contributed by atoms with E-state index in [9.17, 15) is 19.2 Å². The van der Waals surface area contributed by atoms with Crippen molar-refractivity contribution < 1.29 is 28.7 Å². The molecule has 10 heteroatoms. The first kappa shape index (κ1) is 25.8. The van der Waals surface area contributed by atoms with Gasteiger partial charge in [-0.1, -0.05) is 18.5 Å². The van der Waals surface area contributed by atoms with Gasteiger partial charge in [-0.25, -0.2) is 4.79 Å². The monoisotopic (exact) mass is 499 g/mol. The van der Waals surface area contributed by atoms with E-state index < -0.39 is 24.5 Å². The molecule has 0 radical (unpaired) electrons. The van der Waals surface area contributed by atoms with E-state index in [1.807, 2.05) is 6.92 Å². The van der Waals surface area contributed by atoms with E-state index in [0.29, 0.717) is 45.0 Å². The molecule has 0 spiro atoms. The van der Waals surface area contributed by atoms with Gasteiger partial charge in [0.15, 0.2) is 6.61 Å². The number of carbonyl (C=O) groups is 4. The minimum Gasteiger partial charge on any atom is -0.497 e. The number of fused-ring (bicyclic) bond motifs is 1. The summed E-state index contributed by atoms with van der Waals surface area (Å²) in [6, 6.07) is 11.1. The molecule has 0 unspecified atom stereocenters. The number of urea groups is 1. The number of hydrogen-bond acceptors (Lipinski definition) is 6. The number of esters is 1. The van der Waals surface area contributed by atoms with E-state index in [2.05, 4.69) is 10.6 Å². The highest BCUT2D eigenvalue weighted by atomic mass is 35.5. The van der Waals surface area contributed by atoms with Gasteiger partial charge in [0.2, 0.25) is 0 Å². The second kappa shape index (κ2) is 11.5. The number of nitrogens with zero attached hydrogens (tertiary/aromatic N) is 1. The van der Waals surface area contributed by atoms with Gasteiger partial charge in [0.1, 0.15) is 5.75 Å². The SMILES string of the molecule is CCCNC(=O)NC(=O)COC(=O)Cc1c(C)n(C(=O)c2ccc(Cl)cc2)c2ccc(OC)cc12. The molecule has 35 heavy (non-hydrogen) atoms. The predicted octanol–water partition coefficient (Wildman–Crippen LogP) is 3.62. The molecule has 0 aliphatic carbocycles. The molecule has 3 amide bonds. The van der Waals surface area contributed by atoms with Gasteiger partial charge < -0.3 is 14.8 Å². The zero-order valence-electron chi connectivity index (χ0n) is 19.6. The second-order valence-electron chi connectivity index (χ2n) is 7.74. The fourth-order valence-electron chi connectivity index (χ4n) is 3.58. The van der Waals surface area contributed by atoms with Crippen molar-refractivity contribution >= 4 is 46.3 Å². The van der Waals surface area contributed by atoms with Crippen LogP contribution < -0.4 is 15.4 Å². The van der Waals surface area contributed by atoms with Gasteiger partial charge in [-0.05, 0) is 61.4 Å². The number of aromatic nitrogens is 1. The molecule has 3 rings (SSSR count). The van der Waals surface area contributed by atoms with Crippen LogP contribution in [-0.2, 0) is 20.7 Å². The molecule has 0 atom stereocenters. The third kappa shape index (κ3) is 6.19. The van der Waals surface area contributed by atoms with Crippen molar-refractivity contribution in [2.45, 2.75) is 26.7 Å². The Labute approximate surface area is 207 Å². The van der Waals surface area contributed by atoms with Crippen molar-refractivity contribution in [1.29, 1.82) is 0 Å². The molecule has 1 heterocycles. The fraction of sp³-hybridized carbons (Fsp3) is 0.280. The molecule has 0 bridgehead atoms. The largest absolute Gasteiger partial charge is 0.497 e. The third-order valence-electron chi connectivity index (χ3n) is 5.31. The summed E-state index contributed by atoms with van der Waals surface area (Å²) in [5.74, 6) is -1.16. The molecule has 2 N–H and O–H groups in total. The number of ether oxygens (including phenoxy) is 2. The minimum absolute atomic E-state index is 0.189. The topological polar surface area (TPSA) is 116 Å². The smallest absolute Gasteiger partial charge is 0.321 e. The van der Waals surface area contributed by atoms with E-state index in [0.717, 1.165) is 6.42 Å². The summed E-state index contributed by atoms with van der Waals surface area (Å²) in [6.07, 6.45) is 0.528. The number of rotatable bonds is 8. The van der Waals surface area contributed by atoms with Crippen LogP contribution in [0.15, 0.2) is 42.5 Å². The molecule has 9 nitrogen and oxygen atoms in total. The number of hydrogen-bond donors (Lipinski definition) is 2. The number of amides is 3. The predicted molar refractivity (Wildman–Crippen MR) is 131 cm³/mol. The van der Waals surface area contributed by atoms with Crippen LogP contribution >= 0.6 is 11.6 Å². The molecule has 0 aliphatic rings. The summed E-state index contributed by atoms with van der Waals surface area (Å²) in [4.78, 5) is 49.3. The molecule has 2 aromatic carbocycles. The quantitative estimate of drug-likeness (QED) is 0.457. The number of carbonyl (C=O) groups excluding carboxylic acids is 4. The average molecular weight is 500 g/mol. The lowest BCUT2D eigenvalue weighted by Crippen LogP contribution is -2.41. The van der Waals surface area contributed by atoms with Gasteiger partial charge in [0.05, 0.1) is 19.0 Å². The Kier molecular flexibility index (Phi) is 8.48. The van der Waals surface area contributed by atoms with Gasteiger partial charge in [0.25, 0.3) is 11.8 Å². The van der Waals surface area contributed by atoms with Crippen LogP contribution in [0, 0.1) is 6.92 Å². The first-order chi connectivity index (χ1) is 16.7. The number of nitrogens with one attached hydrogen (secondary N) is 2. The number of imide groups is 1. The van der Waals surface area contributed by atoms with E-state index in [4.69, 9.17) is 21.1 Å². The highest BCUT2D eigenvalue weighted by molar-refractivity contribution is 6.30. The van der Waals surface area contributed by atoms with Gasteiger partial charge in [-0.3, -0.25) is 24.3 Å². The number of methoxy groups -OCH3 is 1. The maximum Gasteiger partial charge on any atom is 0.321 e. The lowest BCUT2D eigenvalue weighted by Gasteiger charge is -2.08. The van der Waals surface area contributed by atoms with Crippen molar-refractivity contribution in [3.8, 4) is 5.75 Å². The lowest BCUT2D eigenvalue weighted by molar-refractivity contribution is -0.147. The molecule has 0 aliphatic heterocycles. The van der Waals surface area contributed by atoms with Crippen LogP contribution in [0.1, 0.15) is 35.0 Å². The average Bonchev–Trinajstić information content (AvgIpc) is 3.11. The third-order valence-corrected chi connectivity index (χ3v) is 5.56. The first-order valence-corrected chi connectivity index (χ1v) is 11.3. The molecule has 1 aromatic heterocycles. The molecule has 0 fully saturated rings. The Morgan fingerprint density at radius 3 is 2.43 bits per heavy atom. The van der Waals surface area contributed by atoms with Crippen LogP contribution in [-0.4, -0.2) is 48.6 Å². The van der Waals surface area contributed by atoms with Crippen LogP contribution in [0.4, 0.5) is 4.79 Å². The maximum atomic E-state index is 13.3. The van der Waals surface area contributed by atoms with Crippen molar-refractivity contribution in [1.82, 2.24) is 15.2 Å². The highest BCUT2D eigenvalue weighted by Crippen LogP contribution is 2.31. The van der Waals surface area contributed by atoms with Crippen molar-refractivity contribution in [3.63, 3.8) is 0 Å².